The molecule has 234 valence electrons. The van der Waals surface area contributed by atoms with Crippen LogP contribution < -0.4 is 21.3 Å². The molecule has 0 aromatic heterocycles. The lowest BCUT2D eigenvalue weighted by atomic mass is 9.82. The summed E-state index contributed by atoms with van der Waals surface area (Å²) in [5, 5.41) is 31.6. The van der Waals surface area contributed by atoms with Gasteiger partial charge in [0, 0.05) is 19.4 Å². The van der Waals surface area contributed by atoms with Gasteiger partial charge in [-0.25, -0.2) is 14.9 Å². The van der Waals surface area contributed by atoms with Gasteiger partial charge in [-0.3, -0.25) is 9.59 Å². The standard InChI is InChI=1S/C31H48N4O7/c1-31(2,3)42-30(41)35-29(40)34-24(19-21-12-8-5-9-13-21)28(39)32-17-16-25(36)33-23(18-20-10-6-4-7-11-20)27(38)26(37)22-14-15-22/h5,8-9,12-13,20,22-24,26-27,37-38H,4,6-7,10-11,14-19H2,1-3H3,(H,32,39)(H,33,36)(H2,34,35,40,41)/t23-,24-,26-,27+/m0/s1. The molecular formula is C31H48N4O7. The molecule has 1 aromatic rings. The maximum absolute atomic E-state index is 13.1. The largest absolute Gasteiger partial charge is 0.443 e. The lowest BCUT2D eigenvalue weighted by Gasteiger charge is -2.32. The SMILES string of the molecule is CC(C)(C)OC(=O)NC(=O)N[C@@H](Cc1ccccc1)C(=O)NCCC(=O)N[C@@H](CC1CCCCC1)[C@@H](O)[C@@H](O)C1CC1. The Bertz CT molecular complexity index is 1040. The van der Waals surface area contributed by atoms with E-state index in [4.69, 9.17) is 4.74 Å². The van der Waals surface area contributed by atoms with Crippen LogP contribution in [0, 0.1) is 11.8 Å². The van der Waals surface area contributed by atoms with E-state index in [-0.39, 0.29) is 31.2 Å². The van der Waals surface area contributed by atoms with Crippen molar-refractivity contribution in [2.24, 2.45) is 11.8 Å². The highest BCUT2D eigenvalue weighted by Gasteiger charge is 2.39. The molecule has 11 heteroatoms. The second kappa shape index (κ2) is 15.9. The van der Waals surface area contributed by atoms with Gasteiger partial charge in [0.05, 0.1) is 12.1 Å². The zero-order valence-corrected chi connectivity index (χ0v) is 25.1. The third-order valence-corrected chi connectivity index (χ3v) is 7.70. The topological polar surface area (TPSA) is 166 Å². The maximum Gasteiger partial charge on any atom is 0.415 e. The minimum Gasteiger partial charge on any atom is -0.443 e. The summed E-state index contributed by atoms with van der Waals surface area (Å²) in [5.74, 6) is -0.393. The first-order chi connectivity index (χ1) is 19.9. The molecule has 2 aliphatic carbocycles. The molecule has 1 aromatic carbocycles. The molecule has 0 unspecified atom stereocenters. The lowest BCUT2D eigenvalue weighted by Crippen LogP contribution is -2.53. The first-order valence-electron chi connectivity index (χ1n) is 15.2. The zero-order valence-electron chi connectivity index (χ0n) is 25.1. The van der Waals surface area contributed by atoms with Crippen LogP contribution in [-0.2, 0) is 20.7 Å². The van der Waals surface area contributed by atoms with Crippen LogP contribution >= 0.6 is 0 Å². The molecule has 4 atom stereocenters. The Morgan fingerprint density at radius 2 is 1.62 bits per heavy atom. The van der Waals surface area contributed by atoms with Crippen molar-refractivity contribution in [3.63, 3.8) is 0 Å². The van der Waals surface area contributed by atoms with Gasteiger partial charge in [0.1, 0.15) is 17.7 Å². The lowest BCUT2D eigenvalue weighted by molar-refractivity contribution is -0.124. The van der Waals surface area contributed by atoms with Gasteiger partial charge in [0.25, 0.3) is 0 Å². The summed E-state index contributed by atoms with van der Waals surface area (Å²) in [6.07, 6.45) is 5.20. The van der Waals surface area contributed by atoms with Crippen LogP contribution in [0.15, 0.2) is 30.3 Å². The number of hydrogen-bond acceptors (Lipinski definition) is 7. The summed E-state index contributed by atoms with van der Waals surface area (Å²) in [7, 11) is 0. The number of hydrogen-bond donors (Lipinski definition) is 6. The molecule has 0 aliphatic heterocycles. The number of carbonyl (C=O) groups is 4. The first kappa shape index (κ1) is 33.3. The molecule has 11 nitrogen and oxygen atoms in total. The van der Waals surface area contributed by atoms with Crippen LogP contribution in [0.2, 0.25) is 0 Å². The van der Waals surface area contributed by atoms with Gasteiger partial charge >= 0.3 is 12.1 Å². The van der Waals surface area contributed by atoms with Crippen LogP contribution in [0.1, 0.15) is 84.1 Å². The average Bonchev–Trinajstić information content (AvgIpc) is 3.77. The van der Waals surface area contributed by atoms with Crippen LogP contribution in [0.3, 0.4) is 0 Å². The molecule has 0 saturated heterocycles. The van der Waals surface area contributed by atoms with Crippen molar-refractivity contribution in [2.75, 3.05) is 6.54 Å². The van der Waals surface area contributed by atoms with E-state index in [1.807, 2.05) is 30.3 Å². The van der Waals surface area contributed by atoms with Crippen molar-refractivity contribution < 1.29 is 34.1 Å². The number of rotatable bonds is 13. The minimum absolute atomic E-state index is 0.00272. The molecule has 5 amide bonds. The molecule has 0 bridgehead atoms. The summed E-state index contributed by atoms with van der Waals surface area (Å²) in [4.78, 5) is 50.4. The third-order valence-electron chi connectivity index (χ3n) is 7.70. The first-order valence-corrected chi connectivity index (χ1v) is 15.2. The van der Waals surface area contributed by atoms with Crippen molar-refractivity contribution in [3.05, 3.63) is 35.9 Å². The van der Waals surface area contributed by atoms with E-state index in [0.717, 1.165) is 44.1 Å². The van der Waals surface area contributed by atoms with Crippen LogP contribution in [0.5, 0.6) is 0 Å². The Hall–Kier alpha value is -3.18. The number of aliphatic hydroxyl groups is 2. The normalized spacial score (nSPS) is 18.6. The van der Waals surface area contributed by atoms with Crippen LogP contribution in [-0.4, -0.2) is 70.6 Å². The minimum atomic E-state index is -1.04. The van der Waals surface area contributed by atoms with Crippen molar-refractivity contribution in [1.82, 2.24) is 21.3 Å². The molecule has 3 rings (SSSR count). The number of alkyl carbamates (subject to hydrolysis) is 1. The molecule has 6 N–H and O–H groups in total. The quantitative estimate of drug-likeness (QED) is 0.206. The molecule has 0 spiro atoms. The highest BCUT2D eigenvalue weighted by atomic mass is 16.6. The van der Waals surface area contributed by atoms with Gasteiger partial charge < -0.3 is 30.9 Å². The Morgan fingerprint density at radius 3 is 2.24 bits per heavy atom. The van der Waals surface area contributed by atoms with E-state index in [1.165, 1.54) is 6.42 Å². The van der Waals surface area contributed by atoms with Gasteiger partial charge in [-0.1, -0.05) is 62.4 Å². The summed E-state index contributed by atoms with van der Waals surface area (Å²) < 4.78 is 5.10. The summed E-state index contributed by atoms with van der Waals surface area (Å²) in [5.41, 5.74) is -0.00516. The summed E-state index contributed by atoms with van der Waals surface area (Å²) in [6, 6.07) is 6.63. The van der Waals surface area contributed by atoms with Gasteiger partial charge in [-0.15, -0.1) is 0 Å². The molecule has 2 aliphatic rings. The Morgan fingerprint density at radius 1 is 0.952 bits per heavy atom. The number of aliphatic hydroxyl groups excluding tert-OH is 2. The number of nitrogens with one attached hydrogen (secondary N) is 4. The maximum atomic E-state index is 13.1. The monoisotopic (exact) mass is 588 g/mol. The number of amides is 5. The van der Waals surface area contributed by atoms with Crippen molar-refractivity contribution in [2.45, 2.75) is 115 Å². The fourth-order valence-electron chi connectivity index (χ4n) is 5.37. The number of carbonyl (C=O) groups excluding carboxylic acids is 4. The second-order valence-corrected chi connectivity index (χ2v) is 12.6. The molecule has 42 heavy (non-hydrogen) atoms. The van der Waals surface area contributed by atoms with E-state index in [9.17, 15) is 29.4 Å². The van der Waals surface area contributed by atoms with E-state index in [1.54, 1.807) is 20.8 Å². The van der Waals surface area contributed by atoms with Gasteiger partial charge in [-0.05, 0) is 57.4 Å². The Balaban J connectivity index is 1.54. The molecule has 0 radical (unpaired) electrons. The fourth-order valence-corrected chi connectivity index (χ4v) is 5.37. The highest BCUT2D eigenvalue weighted by molar-refractivity contribution is 5.94. The van der Waals surface area contributed by atoms with E-state index in [2.05, 4.69) is 21.3 Å². The highest BCUT2D eigenvalue weighted by Crippen LogP contribution is 2.36. The number of ether oxygens (including phenoxy) is 1. The van der Waals surface area contributed by atoms with Crippen molar-refractivity contribution in [1.29, 1.82) is 0 Å². The molecule has 2 saturated carbocycles. The average molecular weight is 589 g/mol. The third kappa shape index (κ3) is 12.0. The second-order valence-electron chi connectivity index (χ2n) is 12.6. The number of imide groups is 1. The predicted octanol–water partition coefficient (Wildman–Crippen LogP) is 2.93. The molecular weight excluding hydrogens is 540 g/mol. The Labute approximate surface area is 248 Å². The molecule has 0 heterocycles. The summed E-state index contributed by atoms with van der Waals surface area (Å²) >= 11 is 0. The van der Waals surface area contributed by atoms with E-state index in [0.29, 0.717) is 12.3 Å². The van der Waals surface area contributed by atoms with Crippen molar-refractivity contribution >= 4 is 23.9 Å². The number of urea groups is 1. The van der Waals surface area contributed by atoms with E-state index < -0.39 is 47.9 Å². The van der Waals surface area contributed by atoms with Crippen LogP contribution in [0.4, 0.5) is 9.59 Å². The zero-order chi connectivity index (χ0) is 30.7. The molecule has 2 fully saturated rings. The summed E-state index contributed by atoms with van der Waals surface area (Å²) in [6.45, 7) is 5.00. The fraction of sp³-hybridized carbons (Fsp3) is 0.677. The van der Waals surface area contributed by atoms with Crippen molar-refractivity contribution in [3.8, 4) is 0 Å². The Kier molecular flexibility index (Phi) is 12.6. The van der Waals surface area contributed by atoms with Gasteiger partial charge in [0.15, 0.2) is 0 Å². The van der Waals surface area contributed by atoms with Crippen LogP contribution in [0.25, 0.3) is 0 Å². The van der Waals surface area contributed by atoms with Gasteiger partial charge in [-0.2, -0.15) is 0 Å². The smallest absolute Gasteiger partial charge is 0.415 e. The van der Waals surface area contributed by atoms with Gasteiger partial charge in [0.2, 0.25) is 11.8 Å². The predicted molar refractivity (Wildman–Crippen MR) is 157 cm³/mol. The van der Waals surface area contributed by atoms with E-state index >= 15 is 0 Å². The number of benzene rings is 1.